The van der Waals surface area contributed by atoms with Crippen molar-refractivity contribution in [3.05, 3.63) is 59.7 Å². The molecule has 0 radical (unpaired) electrons. The second-order valence-electron chi connectivity index (χ2n) is 7.48. The lowest BCUT2D eigenvalue weighted by Gasteiger charge is -2.21. The second kappa shape index (κ2) is 9.41. The Hall–Kier alpha value is -2.38. The number of rotatable bonds is 8. The molecule has 0 aliphatic heterocycles. The number of carbonyl (C=O) groups excluding carboxylic acids is 1. The Morgan fingerprint density at radius 3 is 2.45 bits per heavy atom. The number of carbonyl (C=O) groups is 1. The molecule has 2 N–H and O–H groups in total. The van der Waals surface area contributed by atoms with Gasteiger partial charge in [0, 0.05) is 6.04 Å². The van der Waals surface area contributed by atoms with Crippen LogP contribution in [0.4, 0.5) is 0 Å². The summed E-state index contributed by atoms with van der Waals surface area (Å²) in [5, 5.41) is 3.02. The van der Waals surface area contributed by atoms with Crippen LogP contribution in [0.5, 0.6) is 5.75 Å². The third-order valence-corrected chi connectivity index (χ3v) is 6.74. The molecule has 1 atom stereocenters. The average molecular weight is 417 g/mol. The lowest BCUT2D eigenvalue weighted by molar-refractivity contribution is -0.123. The largest absolute Gasteiger partial charge is 0.496 e. The lowest BCUT2D eigenvalue weighted by atomic mass is 10.1. The minimum Gasteiger partial charge on any atom is -0.496 e. The van der Waals surface area contributed by atoms with Gasteiger partial charge in [0.1, 0.15) is 11.8 Å². The maximum Gasteiger partial charge on any atom is 0.241 e. The van der Waals surface area contributed by atoms with Gasteiger partial charge in [-0.2, -0.15) is 4.72 Å². The highest BCUT2D eigenvalue weighted by atomic mass is 32.2. The smallest absolute Gasteiger partial charge is 0.241 e. The fraction of sp³-hybridized carbons (Fsp3) is 0.409. The number of aryl methyl sites for hydroxylation is 1. The van der Waals surface area contributed by atoms with Gasteiger partial charge in [0.15, 0.2) is 0 Å². The molecule has 1 aliphatic rings. The van der Waals surface area contributed by atoms with E-state index in [0.717, 1.165) is 31.2 Å². The quantitative estimate of drug-likeness (QED) is 0.693. The Morgan fingerprint density at radius 2 is 1.83 bits per heavy atom. The Bertz CT molecular complexity index is 939. The van der Waals surface area contributed by atoms with Gasteiger partial charge in [-0.15, -0.1) is 0 Å². The summed E-state index contributed by atoms with van der Waals surface area (Å²) in [4.78, 5) is 13.0. The first-order valence-electron chi connectivity index (χ1n) is 9.90. The van der Waals surface area contributed by atoms with Crippen molar-refractivity contribution < 1.29 is 17.9 Å². The van der Waals surface area contributed by atoms with Gasteiger partial charge in [0.05, 0.1) is 12.0 Å². The maximum absolute atomic E-state index is 13.0. The van der Waals surface area contributed by atoms with E-state index in [4.69, 9.17) is 4.74 Å². The van der Waals surface area contributed by atoms with Crippen molar-refractivity contribution in [1.82, 2.24) is 10.0 Å². The summed E-state index contributed by atoms with van der Waals surface area (Å²) < 4.78 is 33.8. The van der Waals surface area contributed by atoms with Crippen molar-refractivity contribution in [2.75, 3.05) is 7.11 Å². The Morgan fingerprint density at radius 1 is 1.14 bits per heavy atom. The molecule has 1 amide bonds. The summed E-state index contributed by atoms with van der Waals surface area (Å²) in [6, 6.07) is 13.3. The molecule has 156 valence electrons. The summed E-state index contributed by atoms with van der Waals surface area (Å²) in [7, 11) is -2.33. The van der Waals surface area contributed by atoms with Crippen LogP contribution in [0.1, 0.15) is 36.8 Å². The highest BCUT2D eigenvalue weighted by molar-refractivity contribution is 7.89. The molecule has 6 nitrogen and oxygen atoms in total. The average Bonchev–Trinajstić information content (AvgIpc) is 3.21. The van der Waals surface area contributed by atoms with Gasteiger partial charge in [0.25, 0.3) is 0 Å². The van der Waals surface area contributed by atoms with Gasteiger partial charge < -0.3 is 10.1 Å². The third-order valence-electron chi connectivity index (χ3n) is 5.27. The van der Waals surface area contributed by atoms with Crippen LogP contribution < -0.4 is 14.8 Å². The molecule has 0 aromatic heterocycles. The van der Waals surface area contributed by atoms with E-state index in [1.54, 1.807) is 19.1 Å². The molecule has 7 heteroatoms. The molecule has 2 aromatic carbocycles. The maximum atomic E-state index is 13.0. The van der Waals surface area contributed by atoms with Crippen LogP contribution in [-0.2, 0) is 21.2 Å². The first-order valence-corrected chi connectivity index (χ1v) is 11.4. The zero-order valence-electron chi connectivity index (χ0n) is 16.9. The van der Waals surface area contributed by atoms with Crippen LogP contribution in [0.15, 0.2) is 53.4 Å². The summed E-state index contributed by atoms with van der Waals surface area (Å²) in [5.74, 6) is 0.332. The topological polar surface area (TPSA) is 84.5 Å². The van der Waals surface area contributed by atoms with E-state index in [9.17, 15) is 13.2 Å². The first kappa shape index (κ1) is 21.3. The minimum absolute atomic E-state index is 0.113. The van der Waals surface area contributed by atoms with Gasteiger partial charge in [-0.25, -0.2) is 8.42 Å². The monoisotopic (exact) mass is 416 g/mol. The number of nitrogens with one attached hydrogen (secondary N) is 2. The number of hydrogen-bond acceptors (Lipinski definition) is 4. The molecule has 3 rings (SSSR count). The summed E-state index contributed by atoms with van der Waals surface area (Å²) in [5.41, 5.74) is 1.61. The number of benzene rings is 2. The standard InChI is InChI=1S/C22H28N2O4S/c1-16-14-19(12-13-21(16)28-2)29(26,27)24-20(15-17-8-4-3-5-9-17)22(25)23-18-10-6-7-11-18/h3-5,8-9,12-14,18,20,24H,6-7,10-11,15H2,1-2H3,(H,23,25). The summed E-state index contributed by atoms with van der Waals surface area (Å²) in [6.07, 6.45) is 4.34. The van der Waals surface area contributed by atoms with Crippen LogP contribution >= 0.6 is 0 Å². The van der Waals surface area contributed by atoms with Crippen molar-refractivity contribution >= 4 is 15.9 Å². The fourth-order valence-electron chi connectivity index (χ4n) is 3.68. The minimum atomic E-state index is -3.87. The number of methoxy groups -OCH3 is 1. The molecule has 1 saturated carbocycles. The second-order valence-corrected chi connectivity index (χ2v) is 9.20. The van der Waals surface area contributed by atoms with Crippen LogP contribution in [-0.4, -0.2) is 33.5 Å². The normalized spacial score (nSPS) is 15.8. The molecule has 0 saturated heterocycles. The van der Waals surface area contributed by atoms with Crippen molar-refractivity contribution in [3.8, 4) is 5.75 Å². The van der Waals surface area contributed by atoms with E-state index < -0.39 is 16.1 Å². The molecule has 1 unspecified atom stereocenters. The fourth-order valence-corrected chi connectivity index (χ4v) is 4.96. The molecule has 1 aliphatic carbocycles. The molecule has 1 fully saturated rings. The highest BCUT2D eigenvalue weighted by Crippen LogP contribution is 2.22. The Kier molecular flexibility index (Phi) is 6.92. The number of hydrogen-bond donors (Lipinski definition) is 2. The predicted molar refractivity (Wildman–Crippen MR) is 112 cm³/mol. The predicted octanol–water partition coefficient (Wildman–Crippen LogP) is 2.95. The lowest BCUT2D eigenvalue weighted by Crippen LogP contribution is -2.50. The van der Waals surface area contributed by atoms with Crippen molar-refractivity contribution in [3.63, 3.8) is 0 Å². The molecule has 29 heavy (non-hydrogen) atoms. The zero-order chi connectivity index (χ0) is 20.9. The van der Waals surface area contributed by atoms with Gasteiger partial charge in [-0.05, 0) is 55.5 Å². The third kappa shape index (κ3) is 5.58. The van der Waals surface area contributed by atoms with E-state index >= 15 is 0 Å². The molecule has 0 heterocycles. The molecule has 0 bridgehead atoms. The number of amides is 1. The highest BCUT2D eigenvalue weighted by Gasteiger charge is 2.28. The van der Waals surface area contributed by atoms with Crippen molar-refractivity contribution in [1.29, 1.82) is 0 Å². The molecular weight excluding hydrogens is 388 g/mol. The van der Waals surface area contributed by atoms with Crippen LogP contribution in [0.3, 0.4) is 0 Å². The van der Waals surface area contributed by atoms with Gasteiger partial charge >= 0.3 is 0 Å². The number of sulfonamides is 1. The Balaban J connectivity index is 1.82. The first-order chi connectivity index (χ1) is 13.9. The van der Waals surface area contributed by atoms with Gasteiger partial charge in [-0.1, -0.05) is 43.2 Å². The zero-order valence-corrected chi connectivity index (χ0v) is 17.7. The summed E-state index contributed by atoms with van der Waals surface area (Å²) >= 11 is 0. The van der Waals surface area contributed by atoms with E-state index in [-0.39, 0.29) is 23.3 Å². The van der Waals surface area contributed by atoms with E-state index in [2.05, 4.69) is 10.0 Å². The molecule has 2 aromatic rings. The van der Waals surface area contributed by atoms with Gasteiger partial charge in [-0.3, -0.25) is 4.79 Å². The van der Waals surface area contributed by atoms with Crippen LogP contribution in [0.25, 0.3) is 0 Å². The van der Waals surface area contributed by atoms with E-state index in [1.165, 1.54) is 13.2 Å². The molecule has 0 spiro atoms. The SMILES string of the molecule is COc1ccc(S(=O)(=O)NC(Cc2ccccc2)C(=O)NC2CCCC2)cc1C. The Labute approximate surface area is 172 Å². The molecular formula is C22H28N2O4S. The van der Waals surface area contributed by atoms with Gasteiger partial charge in [0.2, 0.25) is 15.9 Å². The van der Waals surface area contributed by atoms with E-state index in [0.29, 0.717) is 11.3 Å². The van der Waals surface area contributed by atoms with Crippen LogP contribution in [0, 0.1) is 6.92 Å². The van der Waals surface area contributed by atoms with Crippen LogP contribution in [0.2, 0.25) is 0 Å². The summed E-state index contributed by atoms with van der Waals surface area (Å²) in [6.45, 7) is 1.78. The van der Waals surface area contributed by atoms with Crippen molar-refractivity contribution in [2.45, 2.75) is 56.0 Å². The number of ether oxygens (including phenoxy) is 1. The van der Waals surface area contributed by atoms with E-state index in [1.807, 2.05) is 30.3 Å². The van der Waals surface area contributed by atoms with Crippen molar-refractivity contribution in [2.24, 2.45) is 0 Å².